The second kappa shape index (κ2) is 12.8. The maximum atomic E-state index is 12.9. The van der Waals surface area contributed by atoms with Crippen molar-refractivity contribution in [1.29, 1.82) is 0 Å². The van der Waals surface area contributed by atoms with Gasteiger partial charge in [-0.2, -0.15) is 0 Å². The van der Waals surface area contributed by atoms with Crippen LogP contribution in [0.15, 0.2) is 77.2 Å². The molecule has 2 aromatic carbocycles. The van der Waals surface area contributed by atoms with Gasteiger partial charge in [0.15, 0.2) is 17.5 Å². The Kier molecular flexibility index (Phi) is 9.16. The first-order valence-corrected chi connectivity index (χ1v) is 15.1. The molecular weight excluding hydrogens is 631 g/mol. The molecule has 13 heteroatoms. The molecule has 3 heterocycles. The second-order valence-corrected chi connectivity index (χ2v) is 12.3. The Morgan fingerprint density at radius 3 is 2.51 bits per heavy atom. The fraction of sp³-hybridized carbons (Fsp3) is 0.179. The van der Waals surface area contributed by atoms with Crippen LogP contribution >= 0.6 is 57.9 Å². The number of hydrogen-bond acceptors (Lipinski definition) is 7. The zero-order valence-electron chi connectivity index (χ0n) is 21.0. The van der Waals surface area contributed by atoms with E-state index in [1.165, 1.54) is 34.3 Å². The Morgan fingerprint density at radius 2 is 1.80 bits per heavy atom. The third-order valence-corrected chi connectivity index (χ3v) is 9.06. The molecule has 3 aromatic rings. The van der Waals surface area contributed by atoms with Crippen molar-refractivity contribution < 1.29 is 29.0 Å². The molecule has 0 saturated carbocycles. The van der Waals surface area contributed by atoms with Crippen molar-refractivity contribution in [2.24, 2.45) is 0 Å². The van der Waals surface area contributed by atoms with E-state index in [-0.39, 0.29) is 18.7 Å². The van der Waals surface area contributed by atoms with Gasteiger partial charge in [0.2, 0.25) is 11.8 Å². The number of thiophene rings is 1. The number of nitrogens with one attached hydrogen (secondary N) is 1. The molecule has 3 atom stereocenters. The number of amides is 2. The smallest absolute Gasteiger partial charge is 0.330 e. The third kappa shape index (κ3) is 6.68. The summed E-state index contributed by atoms with van der Waals surface area (Å²) in [6, 6.07) is 11.4. The highest BCUT2D eigenvalue weighted by atomic mass is 35.5. The number of carbonyl (C=O) groups excluding carboxylic acids is 2. The number of β-lactam (4-membered cyclic amide) rings is 1. The van der Waals surface area contributed by atoms with Crippen LogP contribution in [0.3, 0.4) is 0 Å². The van der Waals surface area contributed by atoms with E-state index in [1.807, 2.05) is 17.5 Å². The molecule has 2 aliphatic rings. The molecule has 2 N–H and O–H groups in total. The number of fused-ring (bicyclic) bond motifs is 1. The predicted molar refractivity (Wildman–Crippen MR) is 160 cm³/mol. The van der Waals surface area contributed by atoms with Gasteiger partial charge >= 0.3 is 5.97 Å². The number of carbonyl (C=O) groups is 3. The molecule has 0 aliphatic carbocycles. The summed E-state index contributed by atoms with van der Waals surface area (Å²) in [6.45, 7) is 0. The first-order valence-electron chi connectivity index (χ1n) is 12.2. The fourth-order valence-corrected chi connectivity index (χ4v) is 6.86. The number of carboxylic acid groups (broad SMARTS) is 1. The van der Waals surface area contributed by atoms with Crippen molar-refractivity contribution in [3.05, 3.63) is 97.2 Å². The van der Waals surface area contributed by atoms with Crippen molar-refractivity contribution in [2.45, 2.75) is 30.3 Å². The Labute approximate surface area is 258 Å². The molecule has 1 saturated heterocycles. The number of carboxylic acids is 1. The average Bonchev–Trinajstić information content (AvgIpc) is 3.44. The molecule has 2 unspecified atom stereocenters. The molecule has 41 heavy (non-hydrogen) atoms. The van der Waals surface area contributed by atoms with Gasteiger partial charge in [-0.3, -0.25) is 9.59 Å². The van der Waals surface area contributed by atoms with Gasteiger partial charge in [0.25, 0.3) is 0 Å². The summed E-state index contributed by atoms with van der Waals surface area (Å²) in [5.74, 6) is -0.841. The summed E-state index contributed by atoms with van der Waals surface area (Å²) in [5.41, 5.74) is 0.505. The van der Waals surface area contributed by atoms with Crippen LogP contribution in [0.25, 0.3) is 0 Å². The van der Waals surface area contributed by atoms with Crippen LogP contribution in [0.4, 0.5) is 0 Å². The SMILES string of the molecule is O=C(Cc1cccs1)NC1C(=O)N2C(C(=O)O)C(CC=COc3cc(Cl)ccc3Oc3ccc(Cl)cc3Cl)=CS[C@@H]12. The molecule has 2 aliphatic heterocycles. The van der Waals surface area contributed by atoms with Crippen molar-refractivity contribution in [1.82, 2.24) is 10.2 Å². The second-order valence-electron chi connectivity index (χ2n) is 8.97. The molecule has 2 amide bonds. The third-order valence-electron chi connectivity index (χ3n) is 6.20. The van der Waals surface area contributed by atoms with E-state index in [4.69, 9.17) is 44.3 Å². The molecule has 0 bridgehead atoms. The number of thioether (sulfide) groups is 1. The van der Waals surface area contributed by atoms with Crippen LogP contribution < -0.4 is 14.8 Å². The molecule has 8 nitrogen and oxygen atoms in total. The van der Waals surface area contributed by atoms with Crippen LogP contribution in [0.2, 0.25) is 15.1 Å². The predicted octanol–water partition coefficient (Wildman–Crippen LogP) is 6.76. The lowest BCUT2D eigenvalue weighted by Crippen LogP contribution is -2.73. The summed E-state index contributed by atoms with van der Waals surface area (Å²) < 4.78 is 11.6. The van der Waals surface area contributed by atoms with Gasteiger partial charge < -0.3 is 24.8 Å². The molecular formula is C28H21Cl3N2O6S2. The van der Waals surface area contributed by atoms with E-state index in [0.717, 1.165) is 4.88 Å². The van der Waals surface area contributed by atoms with Gasteiger partial charge in [-0.15, -0.1) is 23.1 Å². The van der Waals surface area contributed by atoms with Crippen LogP contribution in [0, 0.1) is 0 Å². The first kappa shape index (κ1) is 29.3. The summed E-state index contributed by atoms with van der Waals surface area (Å²) in [5, 5.41) is 17.0. The Morgan fingerprint density at radius 1 is 1.05 bits per heavy atom. The normalized spacial score (nSPS) is 19.8. The Balaban J connectivity index is 1.23. The number of aliphatic carboxylic acids is 1. The monoisotopic (exact) mass is 650 g/mol. The van der Waals surface area contributed by atoms with Gasteiger partial charge in [0, 0.05) is 21.0 Å². The van der Waals surface area contributed by atoms with E-state index < -0.39 is 29.3 Å². The van der Waals surface area contributed by atoms with Gasteiger partial charge in [0.05, 0.1) is 17.7 Å². The minimum Gasteiger partial charge on any atom is -0.479 e. The largest absolute Gasteiger partial charge is 0.479 e. The van der Waals surface area contributed by atoms with E-state index >= 15 is 0 Å². The van der Waals surface area contributed by atoms with E-state index in [9.17, 15) is 19.5 Å². The number of nitrogens with zero attached hydrogens (tertiary/aromatic N) is 1. The molecule has 212 valence electrons. The summed E-state index contributed by atoms with van der Waals surface area (Å²) in [7, 11) is 0. The molecule has 0 spiro atoms. The number of halogens is 3. The number of rotatable bonds is 10. The summed E-state index contributed by atoms with van der Waals surface area (Å²) in [4.78, 5) is 39.7. The maximum Gasteiger partial charge on any atom is 0.330 e. The summed E-state index contributed by atoms with van der Waals surface area (Å²) in [6.07, 6.45) is 3.39. The highest BCUT2D eigenvalue weighted by molar-refractivity contribution is 8.02. The van der Waals surface area contributed by atoms with Gasteiger partial charge in [-0.25, -0.2) is 4.79 Å². The first-order chi connectivity index (χ1) is 19.7. The molecule has 0 radical (unpaired) electrons. The van der Waals surface area contributed by atoms with E-state index in [2.05, 4.69) is 5.32 Å². The van der Waals surface area contributed by atoms with Crippen LogP contribution in [-0.4, -0.2) is 45.2 Å². The Hall–Kier alpha value is -3.15. The van der Waals surface area contributed by atoms with Gasteiger partial charge in [-0.05, 0) is 65.3 Å². The van der Waals surface area contributed by atoms with Gasteiger partial charge in [0.1, 0.15) is 17.2 Å². The molecule has 5 rings (SSSR count). The number of hydrogen-bond donors (Lipinski definition) is 2. The average molecular weight is 652 g/mol. The van der Waals surface area contributed by atoms with E-state index in [0.29, 0.717) is 37.9 Å². The fourth-order valence-electron chi connectivity index (χ4n) is 4.31. The van der Waals surface area contributed by atoms with Crippen molar-refractivity contribution in [3.8, 4) is 17.2 Å². The van der Waals surface area contributed by atoms with E-state index in [1.54, 1.807) is 47.9 Å². The number of ether oxygens (including phenoxy) is 2. The molecule has 1 fully saturated rings. The topological polar surface area (TPSA) is 105 Å². The summed E-state index contributed by atoms with van der Waals surface area (Å²) >= 11 is 21.1. The van der Waals surface area contributed by atoms with Crippen LogP contribution in [-0.2, 0) is 20.8 Å². The zero-order valence-corrected chi connectivity index (χ0v) is 24.9. The number of benzene rings is 2. The van der Waals surface area contributed by atoms with Crippen LogP contribution in [0.5, 0.6) is 17.2 Å². The zero-order chi connectivity index (χ0) is 29.1. The Bertz CT molecular complexity index is 1550. The maximum absolute atomic E-state index is 12.9. The standard InChI is InChI=1S/C28H21Cl3N2O6S2/c29-16-5-7-20(19(31)11-16)39-21-8-6-17(30)12-22(21)38-9-1-3-15-14-41-27-24(26(35)33(27)25(15)28(36)37)32-23(34)13-18-4-2-10-40-18/h1-2,4-12,14,24-25,27H,3,13H2,(H,32,34)(H,36,37)/t24?,25?,27-/m0/s1. The lowest BCUT2D eigenvalue weighted by molar-refractivity contribution is -0.160. The highest BCUT2D eigenvalue weighted by Gasteiger charge is 2.55. The van der Waals surface area contributed by atoms with Gasteiger partial charge in [-0.1, -0.05) is 40.9 Å². The lowest BCUT2D eigenvalue weighted by Gasteiger charge is -2.51. The quantitative estimate of drug-likeness (QED) is 0.184. The number of allylic oxidation sites excluding steroid dienone is 1. The molecule has 1 aromatic heterocycles. The lowest BCUT2D eigenvalue weighted by atomic mass is 9.96. The minimum atomic E-state index is -1.15. The van der Waals surface area contributed by atoms with Crippen molar-refractivity contribution in [3.63, 3.8) is 0 Å². The highest BCUT2D eigenvalue weighted by Crippen LogP contribution is 2.41. The van der Waals surface area contributed by atoms with Crippen LogP contribution in [0.1, 0.15) is 11.3 Å². The van der Waals surface area contributed by atoms with Crippen molar-refractivity contribution >= 4 is 75.7 Å². The minimum absolute atomic E-state index is 0.166. The van der Waals surface area contributed by atoms with Crippen molar-refractivity contribution in [2.75, 3.05) is 0 Å².